The first-order chi connectivity index (χ1) is 21.1. The number of aliphatic hydroxyl groups is 4. The number of halogens is 1. The summed E-state index contributed by atoms with van der Waals surface area (Å²) in [5.74, 6) is 3.63. The topological polar surface area (TPSA) is 169 Å². The Bertz CT molecular complexity index is 937. The smallest absolute Gasteiger partial charge is 1.00 e. The van der Waals surface area contributed by atoms with Gasteiger partial charge in [0, 0.05) is 61.7 Å². The molecule has 0 bridgehead atoms. The van der Waals surface area contributed by atoms with E-state index in [1.807, 2.05) is 41.5 Å². The van der Waals surface area contributed by atoms with Crippen molar-refractivity contribution in [3.63, 3.8) is 0 Å². The molecule has 0 aromatic carbocycles. The van der Waals surface area contributed by atoms with Crippen LogP contribution in [0, 0.1) is 35.5 Å². The zero-order valence-electron chi connectivity index (χ0n) is 31.8. The molecule has 6 aliphatic rings. The maximum absolute atomic E-state index is 11.8. The van der Waals surface area contributed by atoms with Crippen LogP contribution in [0.5, 0.6) is 0 Å². The first-order valence-electron chi connectivity index (χ1n) is 16.5. The molecular formula is C33H63BClN3NaO9. The zero-order valence-corrected chi connectivity index (χ0v) is 33.6. The fourth-order valence-corrected chi connectivity index (χ4v) is 7.42. The third-order valence-electron chi connectivity index (χ3n) is 9.22. The van der Waals surface area contributed by atoms with Gasteiger partial charge in [0.15, 0.2) is 0 Å². The molecule has 8 atom stereocenters. The van der Waals surface area contributed by atoms with Crippen LogP contribution in [0.15, 0.2) is 0 Å². The van der Waals surface area contributed by atoms with E-state index >= 15 is 0 Å². The van der Waals surface area contributed by atoms with Gasteiger partial charge < -0.3 is 46.4 Å². The van der Waals surface area contributed by atoms with Gasteiger partial charge >= 0.3 is 41.7 Å². The van der Waals surface area contributed by atoms with Crippen LogP contribution in [0.25, 0.3) is 0 Å². The van der Waals surface area contributed by atoms with Crippen LogP contribution in [0.1, 0.15) is 81.5 Å². The Labute approximate surface area is 320 Å². The number of ketones is 1. The minimum Gasteiger partial charge on any atom is -1.00 e. The Hall–Kier alpha value is -0.635. The van der Waals surface area contributed by atoms with Crippen molar-refractivity contribution in [1.29, 1.82) is 0 Å². The second-order valence-electron chi connectivity index (χ2n) is 15.2. The molecule has 5 N–H and O–H groups in total. The van der Waals surface area contributed by atoms with E-state index in [1.54, 1.807) is 9.80 Å². The van der Waals surface area contributed by atoms with Crippen LogP contribution in [-0.2, 0) is 14.3 Å². The second-order valence-corrected chi connectivity index (χ2v) is 15.2. The predicted molar refractivity (Wildman–Crippen MR) is 185 cm³/mol. The van der Waals surface area contributed by atoms with E-state index in [0.29, 0.717) is 55.4 Å². The monoisotopic (exact) mass is 714 g/mol. The molecule has 3 saturated carbocycles. The number of ether oxygens (including phenoxy) is 2. The zero-order chi connectivity index (χ0) is 34.1. The molecule has 2 unspecified atom stereocenters. The first kappa shape index (κ1) is 49.5. The van der Waals surface area contributed by atoms with Gasteiger partial charge in [-0.25, -0.2) is 9.59 Å². The van der Waals surface area contributed by atoms with E-state index in [9.17, 15) is 24.6 Å². The van der Waals surface area contributed by atoms with Crippen molar-refractivity contribution >= 4 is 38.8 Å². The number of nitrogens with one attached hydrogen (secondary N) is 1. The average molecular weight is 715 g/mol. The van der Waals surface area contributed by atoms with Crippen molar-refractivity contribution in [1.82, 2.24) is 15.1 Å². The Morgan fingerprint density at radius 1 is 0.667 bits per heavy atom. The van der Waals surface area contributed by atoms with Gasteiger partial charge in [-0.2, -0.15) is 0 Å². The van der Waals surface area contributed by atoms with Crippen LogP contribution >= 0.6 is 12.4 Å². The standard InChI is InChI=1S/C12H21NO3.C12H19NO3.C7H13NO.2CH4O.B.ClH.Na.H/c2*1-12(2,3)16-11(15)13-6-8-4-10(14)5-9(8)7-13;9-7-1-5-3-8-4-6(5)2-7;2*1-2;;;;/h8-10,14H,4-7H2,1-3H3;8-9H,4-7H2,1-3H3;5-9H,1-4H2;2*2H,1H3;;1H;;/q;;;;;;;+1;-1/t8-,9+,10?;8-,9+;5-,6+,7?;;;;;;. The normalized spacial score (nSPS) is 30.7. The average Bonchev–Trinajstić information content (AvgIpc) is 3.75. The van der Waals surface area contributed by atoms with Crippen LogP contribution in [0.3, 0.4) is 0 Å². The molecule has 3 aliphatic carbocycles. The van der Waals surface area contributed by atoms with Crippen molar-refractivity contribution < 1.29 is 75.3 Å². The van der Waals surface area contributed by atoms with Crippen molar-refractivity contribution in [2.75, 3.05) is 53.5 Å². The molecule has 3 heterocycles. The molecular weight excluding hydrogens is 652 g/mol. The van der Waals surface area contributed by atoms with Crippen molar-refractivity contribution in [3.05, 3.63) is 0 Å². The fraction of sp³-hybridized carbons (Fsp3) is 0.909. The number of nitrogens with zero attached hydrogens (tertiary/aromatic N) is 2. The molecule has 3 aliphatic heterocycles. The van der Waals surface area contributed by atoms with E-state index in [1.165, 1.54) is 0 Å². The maximum atomic E-state index is 11.8. The first-order valence-corrected chi connectivity index (χ1v) is 16.5. The molecule has 3 radical (unpaired) electrons. The number of hydrogen-bond acceptors (Lipinski definition) is 10. The van der Waals surface area contributed by atoms with Gasteiger partial charge in [0.05, 0.1) is 12.2 Å². The Balaban J connectivity index is -0.000000609. The van der Waals surface area contributed by atoms with Gasteiger partial charge in [0.1, 0.15) is 17.0 Å². The summed E-state index contributed by atoms with van der Waals surface area (Å²) in [7, 11) is 2.00. The molecule has 12 nitrogen and oxygen atoms in total. The molecule has 6 rings (SSSR count). The number of rotatable bonds is 0. The van der Waals surface area contributed by atoms with Crippen molar-refractivity contribution in [2.24, 2.45) is 35.5 Å². The largest absolute Gasteiger partial charge is 1.00 e. The van der Waals surface area contributed by atoms with E-state index in [2.05, 4.69) is 5.32 Å². The minimum absolute atomic E-state index is 0. The van der Waals surface area contributed by atoms with Gasteiger partial charge in [-0.1, -0.05) is 0 Å². The maximum Gasteiger partial charge on any atom is 1.00 e. The number of carbonyl (C=O) groups excluding carboxylic acids is 3. The Kier molecular flexibility index (Phi) is 23.0. The number of Topliss-reactive ketones (excluding diaryl/α,β-unsaturated/α-hetero) is 1. The number of carbonyl (C=O) groups is 3. The number of fused-ring (bicyclic) bond motifs is 3. The molecule has 0 aromatic rings. The number of amides is 2. The third-order valence-corrected chi connectivity index (χ3v) is 9.22. The van der Waals surface area contributed by atoms with Crippen LogP contribution in [-0.4, -0.2) is 134 Å². The van der Waals surface area contributed by atoms with E-state index in [4.69, 9.17) is 19.7 Å². The summed E-state index contributed by atoms with van der Waals surface area (Å²) in [4.78, 5) is 38.4. The van der Waals surface area contributed by atoms with Crippen LogP contribution < -0.4 is 34.9 Å². The summed E-state index contributed by atoms with van der Waals surface area (Å²) in [5, 5.41) is 36.1. The van der Waals surface area contributed by atoms with Gasteiger partial charge in [0.25, 0.3) is 0 Å². The number of aliphatic hydroxyl groups excluding tert-OH is 4. The summed E-state index contributed by atoms with van der Waals surface area (Å²) in [6.45, 7) is 16.4. The second kappa shape index (κ2) is 22.3. The molecule has 0 aromatic heterocycles. The SMILES string of the molecule is CC(C)(C)OC(=O)N1C[C@H]2CC(=O)C[C@H]2C1.CC(C)(C)OC(=O)N1C[C@H]2CC(O)C[C@H]2C1.CO.CO.Cl.OC1C[C@H]2CNC[C@H]2C1.[B].[H-].[Na+]. The van der Waals surface area contributed by atoms with E-state index in [-0.39, 0.29) is 76.2 Å². The fourth-order valence-electron chi connectivity index (χ4n) is 7.42. The summed E-state index contributed by atoms with van der Waals surface area (Å²) in [6.07, 6.45) is 4.45. The molecule has 0 spiro atoms. The minimum atomic E-state index is -0.440. The Morgan fingerprint density at radius 2 is 0.958 bits per heavy atom. The molecule has 2 amide bonds. The molecule has 6 fully saturated rings. The van der Waals surface area contributed by atoms with Gasteiger partial charge in [-0.15, -0.1) is 12.4 Å². The molecule has 15 heteroatoms. The summed E-state index contributed by atoms with van der Waals surface area (Å²) in [6, 6.07) is 0. The molecule has 275 valence electrons. The quantitative estimate of drug-likeness (QED) is 0.212. The Morgan fingerprint density at radius 3 is 1.27 bits per heavy atom. The van der Waals surface area contributed by atoms with Crippen molar-refractivity contribution in [2.45, 2.75) is 103 Å². The van der Waals surface area contributed by atoms with Crippen LogP contribution in [0.4, 0.5) is 9.59 Å². The number of hydrogen-bond donors (Lipinski definition) is 5. The number of likely N-dealkylation sites (tertiary alicyclic amines) is 2. The van der Waals surface area contributed by atoms with Gasteiger partial charge in [-0.3, -0.25) is 4.79 Å². The molecule has 48 heavy (non-hydrogen) atoms. The third kappa shape index (κ3) is 15.7. The van der Waals surface area contributed by atoms with E-state index in [0.717, 1.165) is 77.9 Å². The summed E-state index contributed by atoms with van der Waals surface area (Å²) in [5.41, 5.74) is -0.862. The summed E-state index contributed by atoms with van der Waals surface area (Å²) < 4.78 is 10.7. The van der Waals surface area contributed by atoms with Gasteiger partial charge in [0.2, 0.25) is 0 Å². The van der Waals surface area contributed by atoms with Gasteiger partial charge in [-0.05, 0) is 116 Å². The van der Waals surface area contributed by atoms with E-state index < -0.39 is 11.2 Å². The summed E-state index contributed by atoms with van der Waals surface area (Å²) >= 11 is 0. The predicted octanol–water partition coefficient (Wildman–Crippen LogP) is -0.192. The van der Waals surface area contributed by atoms with Crippen LogP contribution in [0.2, 0.25) is 0 Å². The molecule has 3 saturated heterocycles. The van der Waals surface area contributed by atoms with Crippen molar-refractivity contribution in [3.8, 4) is 0 Å².